The van der Waals surface area contributed by atoms with E-state index in [-0.39, 0.29) is 15.6 Å². The molecule has 0 atom stereocenters. The number of para-hydroxylation sites is 1. The highest BCUT2D eigenvalue weighted by molar-refractivity contribution is 7.91. The highest BCUT2D eigenvalue weighted by atomic mass is 32.2. The molecule has 0 aliphatic carbocycles. The van der Waals surface area contributed by atoms with E-state index in [9.17, 15) is 8.42 Å². The molecule has 0 bridgehead atoms. The van der Waals surface area contributed by atoms with Crippen molar-refractivity contribution in [2.75, 3.05) is 11.9 Å². The van der Waals surface area contributed by atoms with E-state index in [1.165, 1.54) is 10.1 Å². The van der Waals surface area contributed by atoms with Crippen LogP contribution in [0.3, 0.4) is 0 Å². The standard InChI is InChI=1S/C24H21N5O2S/c1-17-11-13-19(14-12-17)32(30,31)24-23-26-22(25-16-15-18-7-3-2-4-8-18)20-9-5-6-10-21(20)29(23)28-27-24/h2-14H,15-16H2,1H3,(H,25,26). The molecule has 2 aromatic heterocycles. The highest BCUT2D eigenvalue weighted by Crippen LogP contribution is 2.28. The van der Waals surface area contributed by atoms with Crippen molar-refractivity contribution >= 4 is 32.2 Å². The fraction of sp³-hybridized carbons (Fsp3) is 0.125. The minimum absolute atomic E-state index is 0.154. The lowest BCUT2D eigenvalue weighted by atomic mass is 10.1. The van der Waals surface area contributed by atoms with Crippen molar-refractivity contribution in [1.82, 2.24) is 19.8 Å². The number of benzene rings is 3. The Morgan fingerprint density at radius 1 is 0.906 bits per heavy atom. The van der Waals surface area contributed by atoms with Gasteiger partial charge in [-0.2, -0.15) is 4.52 Å². The summed E-state index contributed by atoms with van der Waals surface area (Å²) in [4.78, 5) is 4.82. The zero-order chi connectivity index (χ0) is 22.1. The Morgan fingerprint density at radius 3 is 2.41 bits per heavy atom. The van der Waals surface area contributed by atoms with E-state index in [2.05, 4.69) is 32.7 Å². The lowest BCUT2D eigenvalue weighted by molar-refractivity contribution is 0.592. The van der Waals surface area contributed by atoms with Gasteiger partial charge in [0.05, 0.1) is 10.4 Å². The number of hydrogen-bond donors (Lipinski definition) is 1. The summed E-state index contributed by atoms with van der Waals surface area (Å²) in [5.74, 6) is 0.603. The number of aromatic nitrogens is 4. The van der Waals surface area contributed by atoms with Crippen LogP contribution in [0.1, 0.15) is 11.1 Å². The Kier molecular flexibility index (Phi) is 5.07. The van der Waals surface area contributed by atoms with Crippen molar-refractivity contribution in [2.45, 2.75) is 23.3 Å². The zero-order valence-corrected chi connectivity index (χ0v) is 18.2. The Hall–Kier alpha value is -3.78. The molecule has 0 unspecified atom stereocenters. The van der Waals surface area contributed by atoms with Crippen LogP contribution in [0.15, 0.2) is 88.8 Å². The first-order valence-electron chi connectivity index (χ1n) is 10.3. The monoisotopic (exact) mass is 443 g/mol. The molecule has 7 nitrogen and oxygen atoms in total. The van der Waals surface area contributed by atoms with Gasteiger partial charge >= 0.3 is 0 Å². The topological polar surface area (TPSA) is 89.2 Å². The predicted molar refractivity (Wildman–Crippen MR) is 124 cm³/mol. The molecule has 0 radical (unpaired) electrons. The van der Waals surface area contributed by atoms with Crippen LogP contribution in [0, 0.1) is 6.92 Å². The second-order valence-electron chi connectivity index (χ2n) is 7.59. The van der Waals surface area contributed by atoms with Crippen molar-refractivity contribution in [3.8, 4) is 0 Å². The zero-order valence-electron chi connectivity index (χ0n) is 17.4. The maximum atomic E-state index is 13.3. The van der Waals surface area contributed by atoms with Crippen LogP contribution >= 0.6 is 0 Å². The largest absolute Gasteiger partial charge is 0.369 e. The molecule has 2 heterocycles. The van der Waals surface area contributed by atoms with Gasteiger partial charge in [-0.25, -0.2) is 13.4 Å². The third-order valence-electron chi connectivity index (χ3n) is 5.36. The summed E-state index contributed by atoms with van der Waals surface area (Å²) in [6, 6.07) is 24.4. The average molecular weight is 444 g/mol. The number of nitrogens with zero attached hydrogens (tertiary/aromatic N) is 4. The van der Waals surface area contributed by atoms with Crippen LogP contribution in [-0.4, -0.2) is 34.8 Å². The van der Waals surface area contributed by atoms with Crippen LogP contribution in [0.25, 0.3) is 16.6 Å². The van der Waals surface area contributed by atoms with Crippen LogP contribution in [0.5, 0.6) is 0 Å². The number of hydrogen-bond acceptors (Lipinski definition) is 6. The van der Waals surface area contributed by atoms with Crippen LogP contribution in [0.4, 0.5) is 5.82 Å². The minimum atomic E-state index is -3.87. The van der Waals surface area contributed by atoms with Gasteiger partial charge in [-0.1, -0.05) is 65.4 Å². The number of nitrogens with one attached hydrogen (secondary N) is 1. The van der Waals surface area contributed by atoms with Crippen LogP contribution in [0.2, 0.25) is 0 Å². The first-order valence-corrected chi connectivity index (χ1v) is 11.8. The lowest BCUT2D eigenvalue weighted by Crippen LogP contribution is -2.09. The van der Waals surface area contributed by atoms with Gasteiger partial charge in [-0.3, -0.25) is 0 Å². The smallest absolute Gasteiger partial charge is 0.229 e. The Balaban J connectivity index is 1.59. The first-order chi connectivity index (χ1) is 15.5. The molecule has 8 heteroatoms. The molecular weight excluding hydrogens is 422 g/mol. The Labute approximate surface area is 185 Å². The van der Waals surface area contributed by atoms with Crippen molar-refractivity contribution < 1.29 is 8.42 Å². The molecule has 32 heavy (non-hydrogen) atoms. The van der Waals surface area contributed by atoms with Crippen molar-refractivity contribution in [1.29, 1.82) is 0 Å². The summed E-state index contributed by atoms with van der Waals surface area (Å²) in [5, 5.41) is 12.2. The van der Waals surface area contributed by atoms with Crippen molar-refractivity contribution in [3.05, 3.63) is 90.0 Å². The van der Waals surface area contributed by atoms with Gasteiger partial charge in [0, 0.05) is 11.9 Å². The highest BCUT2D eigenvalue weighted by Gasteiger charge is 2.27. The normalized spacial score (nSPS) is 11.8. The van der Waals surface area contributed by atoms with Crippen molar-refractivity contribution in [2.24, 2.45) is 0 Å². The summed E-state index contributed by atoms with van der Waals surface area (Å²) in [6.07, 6.45) is 0.814. The molecular formula is C24H21N5O2S. The van der Waals surface area contributed by atoms with Gasteiger partial charge in [0.25, 0.3) is 0 Å². The predicted octanol–water partition coefficient (Wildman–Crippen LogP) is 4.07. The molecule has 160 valence electrons. The third kappa shape index (κ3) is 3.58. The first kappa shape index (κ1) is 20.1. The quantitative estimate of drug-likeness (QED) is 0.425. The van der Waals surface area contributed by atoms with Gasteiger partial charge in [-0.15, -0.1) is 5.10 Å². The molecule has 0 amide bonds. The fourth-order valence-electron chi connectivity index (χ4n) is 3.65. The van der Waals surface area contributed by atoms with E-state index in [1.54, 1.807) is 24.3 Å². The second-order valence-corrected chi connectivity index (χ2v) is 9.45. The summed E-state index contributed by atoms with van der Waals surface area (Å²) in [5.41, 5.74) is 3.12. The summed E-state index contributed by atoms with van der Waals surface area (Å²) in [7, 11) is -3.87. The average Bonchev–Trinajstić information content (AvgIpc) is 3.25. The van der Waals surface area contributed by atoms with E-state index < -0.39 is 9.84 Å². The van der Waals surface area contributed by atoms with Gasteiger partial charge in [0.1, 0.15) is 5.82 Å². The van der Waals surface area contributed by atoms with E-state index in [4.69, 9.17) is 0 Å². The van der Waals surface area contributed by atoms with Crippen LogP contribution < -0.4 is 5.32 Å². The van der Waals surface area contributed by atoms with Gasteiger partial charge in [-0.05, 0) is 43.2 Å². The lowest BCUT2D eigenvalue weighted by Gasteiger charge is -2.10. The molecule has 5 rings (SSSR count). The Morgan fingerprint density at radius 2 is 1.62 bits per heavy atom. The number of fused-ring (bicyclic) bond motifs is 3. The molecule has 5 aromatic rings. The molecule has 0 fully saturated rings. The third-order valence-corrected chi connectivity index (χ3v) is 7.02. The molecule has 0 saturated carbocycles. The Bertz CT molecular complexity index is 1510. The van der Waals surface area contributed by atoms with Gasteiger partial charge < -0.3 is 5.32 Å². The molecule has 0 aliphatic rings. The maximum absolute atomic E-state index is 13.3. The van der Waals surface area contributed by atoms with E-state index in [0.717, 1.165) is 22.9 Å². The molecule has 3 aromatic carbocycles. The SMILES string of the molecule is Cc1ccc(S(=O)(=O)c2nnn3c2nc(NCCc2ccccc2)c2ccccc23)cc1. The van der Waals surface area contributed by atoms with Gasteiger partial charge in [0.15, 0.2) is 5.65 Å². The summed E-state index contributed by atoms with van der Waals surface area (Å²) < 4.78 is 28.1. The van der Waals surface area contributed by atoms with Gasteiger partial charge in [0.2, 0.25) is 14.9 Å². The van der Waals surface area contributed by atoms with E-state index in [1.807, 2.05) is 49.4 Å². The summed E-state index contributed by atoms with van der Waals surface area (Å²) in [6.45, 7) is 2.56. The fourth-order valence-corrected chi connectivity index (χ4v) is 4.89. The number of rotatable bonds is 6. The maximum Gasteiger partial charge on any atom is 0.229 e. The molecule has 0 aliphatic heterocycles. The molecule has 0 saturated heterocycles. The van der Waals surface area contributed by atoms with E-state index >= 15 is 0 Å². The number of aryl methyl sites for hydroxylation is 1. The molecule has 0 spiro atoms. The van der Waals surface area contributed by atoms with Crippen molar-refractivity contribution in [3.63, 3.8) is 0 Å². The second kappa shape index (κ2) is 8.05. The summed E-state index contributed by atoms with van der Waals surface area (Å²) >= 11 is 0. The van der Waals surface area contributed by atoms with Crippen LogP contribution in [-0.2, 0) is 16.3 Å². The number of anilines is 1. The molecule has 1 N–H and O–H groups in total. The minimum Gasteiger partial charge on any atom is -0.369 e. The van der Waals surface area contributed by atoms with E-state index in [0.29, 0.717) is 12.4 Å². The number of sulfone groups is 1.